The highest BCUT2D eigenvalue weighted by atomic mass is 79.9. The molecule has 1 aliphatic rings. The summed E-state index contributed by atoms with van der Waals surface area (Å²) in [6.07, 6.45) is 0.791. The third-order valence-corrected chi connectivity index (χ3v) is 3.86. The fourth-order valence-electron chi connectivity index (χ4n) is 2.41. The highest BCUT2D eigenvalue weighted by Gasteiger charge is 2.35. The van der Waals surface area contributed by atoms with E-state index in [1.165, 1.54) is 5.56 Å². The molecule has 1 aliphatic heterocycles. The molecule has 2 atom stereocenters. The van der Waals surface area contributed by atoms with Gasteiger partial charge in [-0.3, -0.25) is 0 Å². The lowest BCUT2D eigenvalue weighted by atomic mass is 9.79. The van der Waals surface area contributed by atoms with Crippen LogP contribution < -0.4 is 10.1 Å². The zero-order valence-corrected chi connectivity index (χ0v) is 12.2. The van der Waals surface area contributed by atoms with Gasteiger partial charge < -0.3 is 15.2 Å². The second-order valence-corrected chi connectivity index (χ2v) is 5.76. The van der Waals surface area contributed by atoms with Crippen LogP contribution in [0.1, 0.15) is 24.8 Å². The van der Waals surface area contributed by atoms with Crippen LogP contribution >= 0.6 is 15.9 Å². The van der Waals surface area contributed by atoms with Gasteiger partial charge in [-0.05, 0) is 37.6 Å². The maximum atomic E-state index is 10.4. The van der Waals surface area contributed by atoms with Gasteiger partial charge in [0.05, 0.1) is 12.2 Å². The second-order valence-electron chi connectivity index (χ2n) is 4.97. The third kappa shape index (κ3) is 3.25. The van der Waals surface area contributed by atoms with Gasteiger partial charge in [0.1, 0.15) is 5.75 Å². The Morgan fingerprint density at radius 1 is 1.44 bits per heavy atom. The first-order valence-electron chi connectivity index (χ1n) is 6.35. The number of hydrogen-bond donors (Lipinski definition) is 2. The molecule has 3 nitrogen and oxygen atoms in total. The van der Waals surface area contributed by atoms with Crippen LogP contribution in [0.15, 0.2) is 24.3 Å². The van der Waals surface area contributed by atoms with Gasteiger partial charge in [-0.1, -0.05) is 28.1 Å². The lowest BCUT2D eigenvalue weighted by Gasteiger charge is -2.38. The van der Waals surface area contributed by atoms with Crippen molar-refractivity contribution in [3.05, 3.63) is 29.8 Å². The van der Waals surface area contributed by atoms with Crippen LogP contribution in [-0.2, 0) is 0 Å². The Morgan fingerprint density at radius 2 is 2.17 bits per heavy atom. The summed E-state index contributed by atoms with van der Waals surface area (Å²) in [6.45, 7) is 4.31. The molecule has 1 saturated heterocycles. The van der Waals surface area contributed by atoms with E-state index in [-0.39, 0.29) is 5.92 Å². The van der Waals surface area contributed by atoms with E-state index in [1.807, 2.05) is 19.1 Å². The molecule has 1 fully saturated rings. The van der Waals surface area contributed by atoms with Crippen LogP contribution in [0.2, 0.25) is 0 Å². The molecule has 2 N–H and O–H groups in total. The molecule has 100 valence electrons. The summed E-state index contributed by atoms with van der Waals surface area (Å²) in [5, 5.41) is 14.6. The van der Waals surface area contributed by atoms with Crippen molar-refractivity contribution in [2.45, 2.75) is 24.9 Å². The molecule has 2 unspecified atom stereocenters. The Balaban J connectivity index is 2.08. The minimum atomic E-state index is -0.622. The van der Waals surface area contributed by atoms with Crippen LogP contribution in [-0.4, -0.2) is 35.7 Å². The predicted molar refractivity (Wildman–Crippen MR) is 76.6 cm³/mol. The number of rotatable bonds is 4. The maximum absolute atomic E-state index is 10.4. The van der Waals surface area contributed by atoms with Crippen LogP contribution in [0.5, 0.6) is 5.75 Å². The molecular formula is C14H20BrNO2. The lowest BCUT2D eigenvalue weighted by molar-refractivity contribution is 0.00780. The monoisotopic (exact) mass is 313 g/mol. The minimum absolute atomic E-state index is 0.150. The smallest absolute Gasteiger partial charge is 0.119 e. The zero-order chi connectivity index (χ0) is 13.0. The molecule has 0 aromatic heterocycles. The molecule has 2 rings (SSSR count). The van der Waals surface area contributed by atoms with Gasteiger partial charge in [-0.2, -0.15) is 0 Å². The summed E-state index contributed by atoms with van der Waals surface area (Å²) in [5.41, 5.74) is 0.544. The van der Waals surface area contributed by atoms with Crippen molar-refractivity contribution in [1.29, 1.82) is 0 Å². The highest BCUT2D eigenvalue weighted by molar-refractivity contribution is 9.09. The summed E-state index contributed by atoms with van der Waals surface area (Å²) in [6, 6.07) is 8.05. The summed E-state index contributed by atoms with van der Waals surface area (Å²) in [7, 11) is 0. The molecule has 0 saturated carbocycles. The van der Waals surface area contributed by atoms with Crippen LogP contribution in [0.25, 0.3) is 0 Å². The number of ether oxygens (including phenoxy) is 1. The van der Waals surface area contributed by atoms with Crippen molar-refractivity contribution >= 4 is 15.9 Å². The first-order chi connectivity index (χ1) is 8.63. The first-order valence-corrected chi connectivity index (χ1v) is 7.47. The standard InChI is InChI=1S/C14H20BrNO2/c1-14(17)6-8-16-10-13(14)11-2-4-12(5-3-11)18-9-7-15/h2-5,13,16-17H,6-10H2,1H3. The van der Waals surface area contributed by atoms with E-state index >= 15 is 0 Å². The number of piperidine rings is 1. The van der Waals surface area contributed by atoms with Gasteiger partial charge in [0, 0.05) is 17.8 Å². The minimum Gasteiger partial charge on any atom is -0.493 e. The van der Waals surface area contributed by atoms with Crippen molar-refractivity contribution in [3.63, 3.8) is 0 Å². The molecule has 18 heavy (non-hydrogen) atoms. The Labute approximate surface area is 117 Å². The lowest BCUT2D eigenvalue weighted by Crippen LogP contribution is -2.46. The van der Waals surface area contributed by atoms with E-state index in [0.29, 0.717) is 6.61 Å². The number of nitrogens with one attached hydrogen (secondary N) is 1. The van der Waals surface area contributed by atoms with Gasteiger partial charge >= 0.3 is 0 Å². The Morgan fingerprint density at radius 3 is 2.78 bits per heavy atom. The molecule has 1 aromatic rings. The second kappa shape index (κ2) is 6.04. The third-order valence-electron chi connectivity index (χ3n) is 3.54. The Hall–Kier alpha value is -0.580. The molecule has 0 aliphatic carbocycles. The summed E-state index contributed by atoms with van der Waals surface area (Å²) in [4.78, 5) is 0. The van der Waals surface area contributed by atoms with Gasteiger partial charge in [0.15, 0.2) is 0 Å². The van der Waals surface area contributed by atoms with Gasteiger partial charge in [-0.25, -0.2) is 0 Å². The average molecular weight is 314 g/mol. The summed E-state index contributed by atoms with van der Waals surface area (Å²) < 4.78 is 5.52. The van der Waals surface area contributed by atoms with Crippen molar-refractivity contribution < 1.29 is 9.84 Å². The first kappa shape index (κ1) is 13.8. The van der Waals surface area contributed by atoms with E-state index in [1.54, 1.807) is 0 Å². The van der Waals surface area contributed by atoms with Crippen molar-refractivity contribution in [1.82, 2.24) is 5.32 Å². The molecule has 0 amide bonds. The van der Waals surface area contributed by atoms with Crippen molar-refractivity contribution in [2.24, 2.45) is 0 Å². The quantitative estimate of drug-likeness (QED) is 0.838. The zero-order valence-electron chi connectivity index (χ0n) is 10.7. The number of hydrogen-bond acceptors (Lipinski definition) is 3. The predicted octanol–water partition coefficient (Wildman–Crippen LogP) is 2.29. The molecule has 1 aromatic carbocycles. The van der Waals surface area contributed by atoms with Gasteiger partial charge in [0.2, 0.25) is 0 Å². The molecule has 0 bridgehead atoms. The molecule has 4 heteroatoms. The molecule has 0 radical (unpaired) electrons. The molecule has 1 heterocycles. The SMILES string of the molecule is CC1(O)CCNCC1c1ccc(OCCBr)cc1. The van der Waals surface area contributed by atoms with Gasteiger partial charge in [-0.15, -0.1) is 0 Å². The van der Waals surface area contributed by atoms with Crippen molar-refractivity contribution in [3.8, 4) is 5.75 Å². The summed E-state index contributed by atoms with van der Waals surface area (Å²) in [5.74, 6) is 1.03. The fourth-order valence-corrected chi connectivity index (χ4v) is 2.57. The average Bonchev–Trinajstić information content (AvgIpc) is 2.37. The van der Waals surface area contributed by atoms with Crippen LogP contribution in [0, 0.1) is 0 Å². The molecular weight excluding hydrogens is 294 g/mol. The number of aliphatic hydroxyl groups is 1. The topological polar surface area (TPSA) is 41.5 Å². The van der Waals surface area contributed by atoms with E-state index < -0.39 is 5.60 Å². The highest BCUT2D eigenvalue weighted by Crippen LogP contribution is 2.33. The summed E-state index contributed by atoms with van der Waals surface area (Å²) >= 11 is 3.33. The number of benzene rings is 1. The largest absolute Gasteiger partial charge is 0.493 e. The number of alkyl halides is 1. The van der Waals surface area contributed by atoms with Gasteiger partial charge in [0.25, 0.3) is 0 Å². The Kier molecular flexibility index (Phi) is 4.65. The van der Waals surface area contributed by atoms with Crippen LogP contribution in [0.4, 0.5) is 0 Å². The normalized spacial score (nSPS) is 28.1. The molecule has 0 spiro atoms. The van der Waals surface area contributed by atoms with E-state index in [2.05, 4.69) is 33.4 Å². The van der Waals surface area contributed by atoms with E-state index in [4.69, 9.17) is 4.74 Å². The van der Waals surface area contributed by atoms with E-state index in [0.717, 1.165) is 30.6 Å². The fraction of sp³-hybridized carbons (Fsp3) is 0.571. The maximum Gasteiger partial charge on any atom is 0.119 e. The van der Waals surface area contributed by atoms with Crippen LogP contribution in [0.3, 0.4) is 0 Å². The Bertz CT molecular complexity index is 378. The van der Waals surface area contributed by atoms with Crippen molar-refractivity contribution in [2.75, 3.05) is 25.0 Å². The van der Waals surface area contributed by atoms with E-state index in [9.17, 15) is 5.11 Å². The number of halogens is 1.